The Balaban J connectivity index is 2.03. The highest BCUT2D eigenvalue weighted by atomic mass is 32.2. The molecule has 1 saturated carbocycles. The maximum atomic E-state index is 9.28. The van der Waals surface area contributed by atoms with Crippen LogP contribution in [0.25, 0.3) is 0 Å². The number of nitriles is 1. The van der Waals surface area contributed by atoms with Crippen LogP contribution in [0.5, 0.6) is 0 Å². The second-order valence-corrected chi connectivity index (χ2v) is 6.39. The van der Waals surface area contributed by atoms with Crippen molar-refractivity contribution in [3.63, 3.8) is 0 Å². The molecule has 2 rings (SSSR count). The molecule has 0 N–H and O–H groups in total. The third-order valence-electron chi connectivity index (χ3n) is 3.80. The van der Waals surface area contributed by atoms with E-state index in [1.54, 1.807) is 11.8 Å². The van der Waals surface area contributed by atoms with Gasteiger partial charge in [-0.15, -0.1) is 0 Å². The molecular formula is C14H21N3S. The Labute approximate surface area is 114 Å². The molecule has 0 saturated heterocycles. The third kappa shape index (κ3) is 3.08. The predicted octanol–water partition coefficient (Wildman–Crippen LogP) is 3.62. The zero-order chi connectivity index (χ0) is 13.0. The summed E-state index contributed by atoms with van der Waals surface area (Å²) in [5.41, 5.74) is 0. The first-order chi connectivity index (χ1) is 8.74. The number of thioether (sulfide) groups is 1. The molecule has 1 aromatic rings. The van der Waals surface area contributed by atoms with E-state index in [4.69, 9.17) is 0 Å². The lowest BCUT2D eigenvalue weighted by atomic mass is 9.80. The molecule has 0 radical (unpaired) electrons. The van der Waals surface area contributed by atoms with E-state index in [2.05, 4.69) is 18.0 Å². The van der Waals surface area contributed by atoms with Crippen LogP contribution in [0.4, 0.5) is 0 Å². The minimum absolute atomic E-state index is 0.194. The van der Waals surface area contributed by atoms with Crippen molar-refractivity contribution < 1.29 is 0 Å². The summed E-state index contributed by atoms with van der Waals surface area (Å²) < 4.78 is 2.04. The fourth-order valence-electron chi connectivity index (χ4n) is 2.76. The first kappa shape index (κ1) is 13.5. The molecule has 0 amide bonds. The van der Waals surface area contributed by atoms with Gasteiger partial charge in [-0.3, -0.25) is 0 Å². The van der Waals surface area contributed by atoms with Crippen LogP contribution in [0.1, 0.15) is 39.0 Å². The Morgan fingerprint density at radius 1 is 1.56 bits per heavy atom. The molecule has 1 aliphatic rings. The van der Waals surface area contributed by atoms with Crippen molar-refractivity contribution in [1.82, 2.24) is 9.55 Å². The number of imidazole rings is 1. The summed E-state index contributed by atoms with van der Waals surface area (Å²) in [6, 6.07) is 2.49. The van der Waals surface area contributed by atoms with E-state index < -0.39 is 0 Å². The quantitative estimate of drug-likeness (QED) is 0.833. The fourth-order valence-corrected chi connectivity index (χ4v) is 4.11. The number of hydrogen-bond acceptors (Lipinski definition) is 3. The average molecular weight is 263 g/mol. The van der Waals surface area contributed by atoms with Crippen LogP contribution in [0, 0.1) is 23.2 Å². The van der Waals surface area contributed by atoms with E-state index in [9.17, 15) is 5.26 Å². The SMILES string of the molecule is CCCC1CCC(C#N)C(Sc2nccn2C)C1. The number of nitrogens with zero attached hydrogens (tertiary/aromatic N) is 3. The summed E-state index contributed by atoms with van der Waals surface area (Å²) in [6.45, 7) is 2.25. The second kappa shape index (κ2) is 6.29. The molecule has 3 nitrogen and oxygen atoms in total. The van der Waals surface area contributed by atoms with Crippen molar-refractivity contribution in [3.8, 4) is 6.07 Å². The monoisotopic (exact) mass is 263 g/mol. The van der Waals surface area contributed by atoms with Gasteiger partial charge in [0.15, 0.2) is 5.16 Å². The molecule has 1 heterocycles. The van der Waals surface area contributed by atoms with Gasteiger partial charge in [-0.2, -0.15) is 5.26 Å². The van der Waals surface area contributed by atoms with Crippen LogP contribution < -0.4 is 0 Å². The molecule has 4 heteroatoms. The van der Waals surface area contributed by atoms with Gasteiger partial charge in [0.05, 0.1) is 12.0 Å². The molecule has 1 fully saturated rings. The lowest BCUT2D eigenvalue weighted by Crippen LogP contribution is -2.26. The highest BCUT2D eigenvalue weighted by Gasteiger charge is 2.31. The predicted molar refractivity (Wildman–Crippen MR) is 74.2 cm³/mol. The first-order valence-electron chi connectivity index (χ1n) is 6.78. The summed E-state index contributed by atoms with van der Waals surface area (Å²) in [5.74, 6) is 0.997. The topological polar surface area (TPSA) is 41.6 Å². The molecule has 18 heavy (non-hydrogen) atoms. The van der Waals surface area contributed by atoms with Gasteiger partial charge in [0.2, 0.25) is 0 Å². The molecule has 0 bridgehead atoms. The molecule has 0 aromatic carbocycles. The van der Waals surface area contributed by atoms with Gasteiger partial charge in [-0.05, 0) is 25.2 Å². The molecule has 0 aliphatic heterocycles. The number of hydrogen-bond donors (Lipinski definition) is 0. The lowest BCUT2D eigenvalue weighted by molar-refractivity contribution is 0.306. The van der Waals surface area contributed by atoms with Crippen molar-refractivity contribution in [1.29, 1.82) is 5.26 Å². The summed E-state index contributed by atoms with van der Waals surface area (Å²) >= 11 is 1.79. The minimum atomic E-state index is 0.194. The van der Waals surface area contributed by atoms with E-state index in [0.717, 1.165) is 17.5 Å². The zero-order valence-electron chi connectivity index (χ0n) is 11.2. The molecule has 0 spiro atoms. The van der Waals surface area contributed by atoms with Crippen LogP contribution >= 0.6 is 11.8 Å². The van der Waals surface area contributed by atoms with E-state index in [1.807, 2.05) is 24.0 Å². The molecule has 98 valence electrons. The fraction of sp³-hybridized carbons (Fsp3) is 0.714. The Morgan fingerprint density at radius 2 is 2.39 bits per heavy atom. The van der Waals surface area contributed by atoms with E-state index in [0.29, 0.717) is 5.25 Å². The maximum Gasteiger partial charge on any atom is 0.167 e. The maximum absolute atomic E-state index is 9.28. The van der Waals surface area contributed by atoms with Crippen molar-refractivity contribution in [2.75, 3.05) is 0 Å². The molecule has 1 aromatic heterocycles. The summed E-state index contributed by atoms with van der Waals surface area (Å²) in [6.07, 6.45) is 9.81. The van der Waals surface area contributed by atoms with Crippen molar-refractivity contribution in [3.05, 3.63) is 12.4 Å². The Bertz CT molecular complexity index is 421. The molecule has 3 atom stereocenters. The molecular weight excluding hydrogens is 242 g/mol. The van der Waals surface area contributed by atoms with Crippen LogP contribution in [0.2, 0.25) is 0 Å². The number of aryl methyl sites for hydroxylation is 1. The van der Waals surface area contributed by atoms with Crippen LogP contribution in [-0.4, -0.2) is 14.8 Å². The normalized spacial score (nSPS) is 27.9. The smallest absolute Gasteiger partial charge is 0.167 e. The van der Waals surface area contributed by atoms with E-state index in [-0.39, 0.29) is 5.92 Å². The van der Waals surface area contributed by atoms with E-state index >= 15 is 0 Å². The zero-order valence-corrected chi connectivity index (χ0v) is 12.0. The standard InChI is InChI=1S/C14H21N3S/c1-3-4-11-5-6-12(10-15)13(9-11)18-14-16-7-8-17(14)2/h7-8,11-13H,3-6,9H2,1-2H3. The van der Waals surface area contributed by atoms with Crippen LogP contribution in [0.3, 0.4) is 0 Å². The Hall–Kier alpha value is -0.950. The van der Waals surface area contributed by atoms with Gasteiger partial charge in [-0.1, -0.05) is 31.5 Å². The largest absolute Gasteiger partial charge is 0.329 e. The van der Waals surface area contributed by atoms with E-state index in [1.165, 1.54) is 25.7 Å². The van der Waals surface area contributed by atoms with Crippen molar-refractivity contribution >= 4 is 11.8 Å². The van der Waals surface area contributed by atoms with Gasteiger partial charge in [0, 0.05) is 24.7 Å². The summed E-state index contributed by atoms with van der Waals surface area (Å²) in [4.78, 5) is 4.37. The molecule has 1 aliphatic carbocycles. The number of rotatable bonds is 4. The highest BCUT2D eigenvalue weighted by molar-refractivity contribution is 7.99. The van der Waals surface area contributed by atoms with Gasteiger partial charge in [0.25, 0.3) is 0 Å². The summed E-state index contributed by atoms with van der Waals surface area (Å²) in [7, 11) is 2.02. The van der Waals surface area contributed by atoms with Gasteiger partial charge < -0.3 is 4.57 Å². The van der Waals surface area contributed by atoms with Gasteiger partial charge >= 0.3 is 0 Å². The average Bonchev–Trinajstić information content (AvgIpc) is 2.76. The van der Waals surface area contributed by atoms with Crippen LogP contribution in [-0.2, 0) is 7.05 Å². The summed E-state index contributed by atoms with van der Waals surface area (Å²) in [5, 5.41) is 10.7. The Morgan fingerprint density at radius 3 is 3.00 bits per heavy atom. The lowest BCUT2D eigenvalue weighted by Gasteiger charge is -2.31. The van der Waals surface area contributed by atoms with Crippen molar-refractivity contribution in [2.45, 2.75) is 49.4 Å². The second-order valence-electron chi connectivity index (χ2n) is 5.18. The molecule has 3 unspecified atom stereocenters. The highest BCUT2D eigenvalue weighted by Crippen LogP contribution is 2.40. The van der Waals surface area contributed by atoms with Crippen LogP contribution in [0.15, 0.2) is 17.6 Å². The number of aromatic nitrogens is 2. The first-order valence-corrected chi connectivity index (χ1v) is 7.66. The van der Waals surface area contributed by atoms with Gasteiger partial charge in [0.1, 0.15) is 0 Å². The third-order valence-corrected chi connectivity index (χ3v) is 5.22. The van der Waals surface area contributed by atoms with Crippen molar-refractivity contribution in [2.24, 2.45) is 18.9 Å². The Kier molecular flexibility index (Phi) is 4.71. The minimum Gasteiger partial charge on any atom is -0.329 e. The van der Waals surface area contributed by atoms with Gasteiger partial charge in [-0.25, -0.2) is 4.98 Å².